The molecule has 9 amide bonds. The van der Waals surface area contributed by atoms with Gasteiger partial charge in [0.1, 0.15) is 41.6 Å². The fraction of sp³-hybridized carbons (Fsp3) is 0.643. The smallest absolute Gasteiger partial charge is 0.269 e. The van der Waals surface area contributed by atoms with Crippen molar-refractivity contribution in [3.63, 3.8) is 0 Å². The number of hydrogen-bond donors (Lipinski definition) is 16. The van der Waals surface area contributed by atoms with Crippen molar-refractivity contribution in [2.45, 2.75) is 126 Å². The number of amides is 9. The lowest BCUT2D eigenvalue weighted by atomic mass is 10.1. The SMILES string of the molecule is C[C@H](NC(=O)[C@@H](NC(=O)[C@@H](N)CCCCN)[C@@H](O)CN)C(=O)NCC(=O)/N=C(\CCCN)C(=O)N1CCC[C@H]1C(=O)N[C@@H](Cc1cnc[nH]1)C(=O)N[C@@H](CCCN)C(=O)/N=C(\CCCNC(=N)N)C(N)=O. The lowest BCUT2D eigenvalue weighted by molar-refractivity contribution is -0.136. The Bertz CT molecular complexity index is 2030. The number of guanidine groups is 1. The molecule has 1 fully saturated rings. The van der Waals surface area contributed by atoms with E-state index >= 15 is 0 Å². The van der Waals surface area contributed by atoms with Gasteiger partial charge in [-0.25, -0.2) is 15.0 Å². The molecule has 1 aliphatic heterocycles. The fourth-order valence-corrected chi connectivity index (χ4v) is 7.04. The summed E-state index contributed by atoms with van der Waals surface area (Å²) in [5.41, 5.74) is 39.0. The number of aliphatic hydroxyl groups is 1. The molecule has 1 aromatic rings. The molecule has 0 radical (unpaired) electrons. The molecule has 29 heteroatoms. The molecule has 0 saturated carbocycles. The van der Waals surface area contributed by atoms with E-state index in [0.29, 0.717) is 31.5 Å². The van der Waals surface area contributed by atoms with E-state index in [9.17, 15) is 48.3 Å². The molecular weight excluding hydrogens is 931 g/mol. The predicted molar refractivity (Wildman–Crippen MR) is 259 cm³/mol. The average Bonchev–Trinajstić information content (AvgIpc) is 4.05. The topological polar surface area (TPSA) is 509 Å². The van der Waals surface area contributed by atoms with Gasteiger partial charge in [-0.3, -0.25) is 48.6 Å². The molecule has 0 aliphatic carbocycles. The Balaban J connectivity index is 2.23. The summed E-state index contributed by atoms with van der Waals surface area (Å²) in [5, 5.41) is 32.5. The van der Waals surface area contributed by atoms with Crippen LogP contribution in [0.2, 0.25) is 0 Å². The maximum atomic E-state index is 14.1. The van der Waals surface area contributed by atoms with Gasteiger partial charge in [-0.1, -0.05) is 6.42 Å². The zero-order valence-corrected chi connectivity index (χ0v) is 40.1. The highest BCUT2D eigenvalue weighted by Crippen LogP contribution is 2.20. The first kappa shape index (κ1) is 60.3. The number of primary amides is 1. The second-order valence-electron chi connectivity index (χ2n) is 16.7. The molecule has 0 bridgehead atoms. The molecule has 396 valence electrons. The summed E-state index contributed by atoms with van der Waals surface area (Å²) in [7, 11) is 0. The molecule has 1 aliphatic rings. The van der Waals surface area contributed by atoms with Crippen molar-refractivity contribution < 1.29 is 48.3 Å². The van der Waals surface area contributed by atoms with Crippen LogP contribution in [0.4, 0.5) is 0 Å². The van der Waals surface area contributed by atoms with Crippen molar-refractivity contribution in [2.24, 2.45) is 50.1 Å². The minimum Gasteiger partial charge on any atom is -0.389 e. The highest BCUT2D eigenvalue weighted by Gasteiger charge is 2.38. The van der Waals surface area contributed by atoms with Crippen molar-refractivity contribution in [1.29, 1.82) is 5.41 Å². The number of likely N-dealkylation sites (tertiary alicyclic amines) is 1. The van der Waals surface area contributed by atoms with Gasteiger partial charge < -0.3 is 87.0 Å². The van der Waals surface area contributed by atoms with Gasteiger partial charge in [0, 0.05) is 37.9 Å². The average molecular weight is 1000 g/mol. The van der Waals surface area contributed by atoms with Gasteiger partial charge in [0.05, 0.1) is 25.0 Å². The molecule has 7 atom stereocenters. The van der Waals surface area contributed by atoms with E-state index in [1.807, 2.05) is 0 Å². The Labute approximate surface area is 410 Å². The van der Waals surface area contributed by atoms with E-state index in [1.54, 1.807) is 0 Å². The number of nitrogens with one attached hydrogen (secondary N) is 8. The monoisotopic (exact) mass is 1000 g/mol. The van der Waals surface area contributed by atoms with E-state index in [0.717, 1.165) is 0 Å². The van der Waals surface area contributed by atoms with Crippen molar-refractivity contribution in [2.75, 3.05) is 45.8 Å². The van der Waals surface area contributed by atoms with Gasteiger partial charge >= 0.3 is 0 Å². The summed E-state index contributed by atoms with van der Waals surface area (Å²) in [4.78, 5) is 135. The molecule has 1 aromatic heterocycles. The number of hydrogen-bond acceptors (Lipinski definition) is 17. The maximum Gasteiger partial charge on any atom is 0.269 e. The number of aliphatic imine (C=N–C) groups is 2. The van der Waals surface area contributed by atoms with Crippen LogP contribution in [-0.4, -0.2) is 179 Å². The van der Waals surface area contributed by atoms with Gasteiger partial charge in [0.2, 0.25) is 29.5 Å². The second-order valence-corrected chi connectivity index (χ2v) is 16.7. The molecule has 29 nitrogen and oxygen atoms in total. The van der Waals surface area contributed by atoms with Gasteiger partial charge in [-0.2, -0.15) is 0 Å². The molecule has 2 rings (SSSR count). The Morgan fingerprint density at radius 3 is 2.13 bits per heavy atom. The Morgan fingerprint density at radius 1 is 0.817 bits per heavy atom. The normalized spacial score (nSPS) is 16.3. The quantitative estimate of drug-likeness (QED) is 0.0181. The summed E-state index contributed by atoms with van der Waals surface area (Å²) in [5.74, 6) is -8.01. The van der Waals surface area contributed by atoms with Crippen LogP contribution in [0, 0.1) is 5.41 Å². The number of carbonyl (C=O) groups is 9. The number of aromatic nitrogens is 2. The van der Waals surface area contributed by atoms with E-state index in [2.05, 4.69) is 51.9 Å². The van der Waals surface area contributed by atoms with Gasteiger partial charge in [0.15, 0.2) is 5.96 Å². The molecule has 1 saturated heterocycles. The maximum absolute atomic E-state index is 14.1. The standard InChI is InChI=1S/C42H73N19O10/c1-23(55-40(70)33(31(62)19-46)60-36(66)25(47)8-2-3-13-43)35(65)53-21-32(63)56-28(10-5-15-45)41(71)61-17-7-12-30(61)39(69)59-29(18-24-20-51-22-54-24)38(68)58-27(9-4-14-44)37(67)57-26(34(48)64)11-6-16-52-42(49)50/h20,22-23,25,27,29-31,33,62H,2-19,21,43-47H2,1H3,(H2,48,64)(H,51,54)(H,53,65)(H,55,70)(H,58,68)(H,59,69)(H,60,66)(H4,49,50,52)/b56-28+,57-26+/t23-,25-,27-,29-,30-,31-,33-/m0/s1. The molecule has 0 aromatic carbocycles. The summed E-state index contributed by atoms with van der Waals surface area (Å²) >= 11 is 0. The first-order valence-corrected chi connectivity index (χ1v) is 23.4. The number of imidazole rings is 1. The third-order valence-electron chi connectivity index (χ3n) is 11.0. The zero-order valence-electron chi connectivity index (χ0n) is 40.1. The molecule has 2 heterocycles. The van der Waals surface area contributed by atoms with E-state index < -0.39 is 109 Å². The summed E-state index contributed by atoms with van der Waals surface area (Å²) in [6.07, 6.45) is 3.64. The van der Waals surface area contributed by atoms with Crippen LogP contribution in [0.1, 0.15) is 83.2 Å². The van der Waals surface area contributed by atoms with E-state index in [1.165, 1.54) is 24.3 Å². The van der Waals surface area contributed by atoms with Crippen molar-refractivity contribution in [3.05, 3.63) is 18.2 Å². The Hall–Kier alpha value is -6.79. The van der Waals surface area contributed by atoms with Crippen LogP contribution in [0.5, 0.6) is 0 Å². The summed E-state index contributed by atoms with van der Waals surface area (Å²) in [6, 6.07) is -7.67. The first-order chi connectivity index (χ1) is 33.8. The first-order valence-electron chi connectivity index (χ1n) is 23.4. The lowest BCUT2D eigenvalue weighted by Crippen LogP contribution is -2.60. The number of carbonyl (C=O) groups excluding carboxylic acids is 9. The Kier molecular flexibility index (Phi) is 27.3. The highest BCUT2D eigenvalue weighted by atomic mass is 16.3. The number of aliphatic hydroxyl groups excluding tert-OH is 1. The molecule has 0 unspecified atom stereocenters. The largest absolute Gasteiger partial charge is 0.389 e. The van der Waals surface area contributed by atoms with Crippen LogP contribution < -0.4 is 72.0 Å². The highest BCUT2D eigenvalue weighted by molar-refractivity contribution is 6.41. The van der Waals surface area contributed by atoms with Gasteiger partial charge in [-0.05, 0) is 90.8 Å². The molecule has 23 N–H and O–H groups in total. The zero-order chi connectivity index (χ0) is 53.0. The number of H-pyrrole nitrogens is 1. The lowest BCUT2D eigenvalue weighted by Gasteiger charge is -2.27. The number of rotatable bonds is 32. The summed E-state index contributed by atoms with van der Waals surface area (Å²) in [6.45, 7) is 1.03. The number of nitrogens with zero attached hydrogens (tertiary/aromatic N) is 4. The molecule has 71 heavy (non-hydrogen) atoms. The minimum absolute atomic E-state index is 0.00924. The van der Waals surface area contributed by atoms with Crippen molar-refractivity contribution >= 4 is 70.5 Å². The van der Waals surface area contributed by atoms with Crippen LogP contribution in [-0.2, 0) is 49.6 Å². The van der Waals surface area contributed by atoms with Crippen molar-refractivity contribution in [1.82, 2.24) is 46.8 Å². The minimum atomic E-state index is -1.57. The van der Waals surface area contributed by atoms with Crippen LogP contribution in [0.3, 0.4) is 0 Å². The third kappa shape index (κ3) is 21.4. The van der Waals surface area contributed by atoms with Crippen LogP contribution >= 0.6 is 0 Å². The van der Waals surface area contributed by atoms with Crippen LogP contribution in [0.15, 0.2) is 22.5 Å². The van der Waals surface area contributed by atoms with Crippen LogP contribution in [0.25, 0.3) is 0 Å². The fourth-order valence-electron chi connectivity index (χ4n) is 7.04. The summed E-state index contributed by atoms with van der Waals surface area (Å²) < 4.78 is 0. The molecule has 0 spiro atoms. The Morgan fingerprint density at radius 2 is 1.51 bits per heavy atom. The number of nitrogens with two attached hydrogens (primary N) is 7. The predicted octanol–water partition coefficient (Wildman–Crippen LogP) is -7.04. The van der Waals surface area contributed by atoms with Gasteiger partial charge in [0.25, 0.3) is 23.6 Å². The molecular formula is C42H73N19O10. The third-order valence-corrected chi connectivity index (χ3v) is 11.0. The van der Waals surface area contributed by atoms with Crippen molar-refractivity contribution in [3.8, 4) is 0 Å². The second kappa shape index (κ2) is 32.2. The number of aromatic amines is 1. The van der Waals surface area contributed by atoms with E-state index in [-0.39, 0.29) is 101 Å². The number of unbranched alkanes of at least 4 members (excludes halogenated alkanes) is 1. The van der Waals surface area contributed by atoms with E-state index in [4.69, 9.17) is 45.5 Å². The van der Waals surface area contributed by atoms with Gasteiger partial charge in [-0.15, -0.1) is 0 Å².